The maximum atomic E-state index is 12.6. The van der Waals surface area contributed by atoms with Gasteiger partial charge in [-0.1, -0.05) is 24.3 Å². The highest BCUT2D eigenvalue weighted by atomic mass is 19.4. The van der Waals surface area contributed by atoms with Crippen LogP contribution in [0.1, 0.15) is 16.7 Å². The first-order chi connectivity index (χ1) is 9.49. The molecule has 0 spiro atoms. The van der Waals surface area contributed by atoms with Crippen molar-refractivity contribution in [2.24, 2.45) is 5.73 Å². The lowest BCUT2D eigenvalue weighted by molar-refractivity contribution is -0.137. The highest BCUT2D eigenvalue weighted by Crippen LogP contribution is 2.29. The maximum absolute atomic E-state index is 12.6. The molecule has 0 unspecified atom stereocenters. The smallest absolute Gasteiger partial charge is 0.416 e. The van der Waals surface area contributed by atoms with Crippen LogP contribution in [0.3, 0.4) is 0 Å². The zero-order valence-electron chi connectivity index (χ0n) is 10.7. The summed E-state index contributed by atoms with van der Waals surface area (Å²) in [6.45, 7) is 0.471. The van der Waals surface area contributed by atoms with Crippen molar-refractivity contribution in [2.75, 3.05) is 0 Å². The molecule has 0 radical (unpaired) electrons. The summed E-state index contributed by atoms with van der Waals surface area (Å²) in [6, 6.07) is 12.3. The zero-order chi connectivity index (χ0) is 14.6. The van der Waals surface area contributed by atoms with Crippen molar-refractivity contribution in [1.29, 1.82) is 0 Å². The Hall–Kier alpha value is -2.01. The first-order valence-electron chi connectivity index (χ1n) is 6.07. The van der Waals surface area contributed by atoms with Crippen molar-refractivity contribution < 1.29 is 17.9 Å². The molecule has 2 aromatic rings. The van der Waals surface area contributed by atoms with Gasteiger partial charge in [-0.3, -0.25) is 0 Å². The van der Waals surface area contributed by atoms with Crippen LogP contribution in [0.5, 0.6) is 5.75 Å². The Bertz CT molecular complexity index is 581. The fourth-order valence-electron chi connectivity index (χ4n) is 1.77. The van der Waals surface area contributed by atoms with E-state index in [1.165, 1.54) is 6.07 Å². The molecule has 0 saturated heterocycles. The molecule has 2 N–H and O–H groups in total. The van der Waals surface area contributed by atoms with Crippen LogP contribution in [-0.4, -0.2) is 0 Å². The minimum atomic E-state index is -4.34. The molecule has 0 fully saturated rings. The Morgan fingerprint density at radius 2 is 1.65 bits per heavy atom. The Morgan fingerprint density at radius 3 is 2.35 bits per heavy atom. The van der Waals surface area contributed by atoms with Gasteiger partial charge >= 0.3 is 6.18 Å². The predicted molar refractivity (Wildman–Crippen MR) is 70.1 cm³/mol. The molecule has 0 aliphatic carbocycles. The highest BCUT2D eigenvalue weighted by Gasteiger charge is 2.30. The maximum Gasteiger partial charge on any atom is 0.416 e. The molecule has 0 atom stereocenters. The summed E-state index contributed by atoms with van der Waals surface area (Å²) in [6.07, 6.45) is -4.34. The van der Waals surface area contributed by atoms with Crippen molar-refractivity contribution >= 4 is 0 Å². The quantitative estimate of drug-likeness (QED) is 0.926. The molecule has 2 nitrogen and oxygen atoms in total. The van der Waals surface area contributed by atoms with E-state index in [4.69, 9.17) is 10.5 Å². The van der Waals surface area contributed by atoms with E-state index < -0.39 is 11.7 Å². The fourth-order valence-corrected chi connectivity index (χ4v) is 1.77. The number of benzene rings is 2. The molecule has 5 heteroatoms. The lowest BCUT2D eigenvalue weighted by Crippen LogP contribution is -2.06. The topological polar surface area (TPSA) is 35.2 Å². The molecule has 0 aromatic heterocycles. The van der Waals surface area contributed by atoms with Gasteiger partial charge in [-0.05, 0) is 35.4 Å². The second kappa shape index (κ2) is 5.96. The van der Waals surface area contributed by atoms with Crippen molar-refractivity contribution in [3.63, 3.8) is 0 Å². The van der Waals surface area contributed by atoms with E-state index in [0.29, 0.717) is 17.9 Å². The van der Waals surface area contributed by atoms with Gasteiger partial charge in [0.2, 0.25) is 0 Å². The molecular weight excluding hydrogens is 267 g/mol. The number of alkyl halides is 3. The Balaban J connectivity index is 2.07. The van der Waals surface area contributed by atoms with Gasteiger partial charge < -0.3 is 10.5 Å². The average molecular weight is 281 g/mol. The molecule has 20 heavy (non-hydrogen) atoms. The van der Waals surface area contributed by atoms with Gasteiger partial charge in [-0.25, -0.2) is 0 Å². The minimum absolute atomic E-state index is 0.0813. The first kappa shape index (κ1) is 14.4. The Labute approximate surface area is 115 Å². The van der Waals surface area contributed by atoms with Crippen molar-refractivity contribution in [3.8, 4) is 5.75 Å². The zero-order valence-corrected chi connectivity index (χ0v) is 10.7. The van der Waals surface area contributed by atoms with Crippen molar-refractivity contribution in [3.05, 3.63) is 65.2 Å². The molecule has 0 heterocycles. The normalized spacial score (nSPS) is 11.4. The van der Waals surface area contributed by atoms with E-state index in [2.05, 4.69) is 0 Å². The first-order valence-corrected chi connectivity index (χ1v) is 6.07. The van der Waals surface area contributed by atoms with E-state index in [1.54, 1.807) is 24.3 Å². The monoisotopic (exact) mass is 281 g/mol. The largest absolute Gasteiger partial charge is 0.489 e. The van der Waals surface area contributed by atoms with Crippen LogP contribution < -0.4 is 10.5 Å². The van der Waals surface area contributed by atoms with E-state index in [-0.39, 0.29) is 6.61 Å². The molecule has 0 aliphatic heterocycles. The second-order valence-corrected chi connectivity index (χ2v) is 4.34. The number of hydrogen-bond acceptors (Lipinski definition) is 2. The summed E-state index contributed by atoms with van der Waals surface area (Å²) >= 11 is 0. The Kier molecular flexibility index (Phi) is 4.29. The number of hydrogen-bond donors (Lipinski definition) is 1. The van der Waals surface area contributed by atoms with E-state index in [0.717, 1.165) is 17.7 Å². The Morgan fingerprint density at radius 1 is 0.950 bits per heavy atom. The molecule has 0 bridgehead atoms. The van der Waals surface area contributed by atoms with Crippen molar-refractivity contribution in [1.82, 2.24) is 0 Å². The van der Waals surface area contributed by atoms with E-state index in [1.807, 2.05) is 6.07 Å². The van der Waals surface area contributed by atoms with Crippen LogP contribution in [0, 0.1) is 0 Å². The van der Waals surface area contributed by atoms with Crippen LogP contribution in [-0.2, 0) is 19.3 Å². The lowest BCUT2D eigenvalue weighted by atomic mass is 10.1. The SMILES string of the molecule is NCc1cccc(OCc2cccc(C(F)(F)F)c2)c1. The standard InChI is InChI=1S/C15H14F3NO/c16-15(17,18)13-5-1-4-12(7-13)10-20-14-6-2-3-11(8-14)9-19/h1-8H,9-10,19H2. The van der Waals surface area contributed by atoms with E-state index in [9.17, 15) is 13.2 Å². The van der Waals surface area contributed by atoms with Crippen LogP contribution in [0.15, 0.2) is 48.5 Å². The van der Waals surface area contributed by atoms with E-state index >= 15 is 0 Å². The molecule has 106 valence electrons. The summed E-state index contributed by atoms with van der Waals surface area (Å²) in [7, 11) is 0. The molecule has 2 rings (SSSR count). The summed E-state index contributed by atoms with van der Waals surface area (Å²) in [4.78, 5) is 0. The van der Waals surface area contributed by atoms with Crippen LogP contribution >= 0.6 is 0 Å². The van der Waals surface area contributed by atoms with Crippen molar-refractivity contribution in [2.45, 2.75) is 19.3 Å². The highest BCUT2D eigenvalue weighted by molar-refractivity contribution is 5.29. The minimum Gasteiger partial charge on any atom is -0.489 e. The number of halogens is 3. The van der Waals surface area contributed by atoms with Crippen LogP contribution in [0.4, 0.5) is 13.2 Å². The molecule has 2 aromatic carbocycles. The summed E-state index contributed by atoms with van der Waals surface area (Å²) in [5.41, 5.74) is 6.22. The third-order valence-corrected chi connectivity index (χ3v) is 2.79. The fraction of sp³-hybridized carbons (Fsp3) is 0.200. The summed E-state index contributed by atoms with van der Waals surface area (Å²) < 4.78 is 43.2. The van der Waals surface area contributed by atoms with Gasteiger partial charge in [-0.15, -0.1) is 0 Å². The molecule has 0 amide bonds. The summed E-state index contributed by atoms with van der Waals surface area (Å²) in [5.74, 6) is 0.588. The van der Waals surface area contributed by atoms with Gasteiger partial charge in [0.1, 0.15) is 12.4 Å². The van der Waals surface area contributed by atoms with Gasteiger partial charge in [0.25, 0.3) is 0 Å². The van der Waals surface area contributed by atoms with Gasteiger partial charge in [0.15, 0.2) is 0 Å². The second-order valence-electron chi connectivity index (χ2n) is 4.34. The third-order valence-electron chi connectivity index (χ3n) is 2.79. The van der Waals surface area contributed by atoms with Gasteiger partial charge in [-0.2, -0.15) is 13.2 Å². The lowest BCUT2D eigenvalue weighted by Gasteiger charge is -2.10. The number of ether oxygens (including phenoxy) is 1. The number of nitrogens with two attached hydrogens (primary N) is 1. The van der Waals surface area contributed by atoms with Crippen LogP contribution in [0.25, 0.3) is 0 Å². The average Bonchev–Trinajstić information content (AvgIpc) is 2.45. The number of rotatable bonds is 4. The molecule has 0 aliphatic rings. The molecular formula is C15H14F3NO. The molecule has 0 saturated carbocycles. The third kappa shape index (κ3) is 3.74. The predicted octanol–water partition coefficient (Wildman–Crippen LogP) is 3.74. The van der Waals surface area contributed by atoms with Gasteiger partial charge in [0.05, 0.1) is 5.56 Å². The van der Waals surface area contributed by atoms with Crippen LogP contribution in [0.2, 0.25) is 0 Å². The summed E-state index contributed by atoms with van der Waals surface area (Å²) in [5, 5.41) is 0. The van der Waals surface area contributed by atoms with Gasteiger partial charge in [0, 0.05) is 6.54 Å².